The Labute approximate surface area is 441 Å². The molecule has 3 heterocycles. The van der Waals surface area contributed by atoms with Gasteiger partial charge in [0.25, 0.3) is 11.8 Å². The van der Waals surface area contributed by atoms with Gasteiger partial charge in [0, 0.05) is 53.1 Å². The SMILES string of the molecule is C=CC(CNc1ccc(C(=O)NC(CCC(=O)NC(CSSc2ccc(COC(=O)N3C4CN5C6=C(C(=O)C(OC)=C(C)C6=O)C(COC(N)=O)[C@@]5(OC)[C@H]43)cc2)C(=O)O)C(=O)O)cc1)=NC(C(=O)NC(=C)N)=C(N)N. The van der Waals surface area contributed by atoms with Crippen molar-refractivity contribution in [3.05, 3.63) is 119 Å². The van der Waals surface area contributed by atoms with Crippen molar-refractivity contribution in [3.63, 3.8) is 0 Å². The number of methoxy groups -OCH3 is 2. The summed E-state index contributed by atoms with van der Waals surface area (Å²) in [5, 5.41) is 29.7. The number of ether oxygens (including phenoxy) is 4. The van der Waals surface area contributed by atoms with Gasteiger partial charge in [0.05, 0.1) is 42.8 Å². The molecule has 14 N–H and O–H groups in total. The van der Waals surface area contributed by atoms with Gasteiger partial charge in [-0.3, -0.25) is 28.9 Å². The fourth-order valence-corrected chi connectivity index (χ4v) is 11.0. The first-order valence-corrected chi connectivity index (χ1v) is 25.2. The second kappa shape index (κ2) is 24.2. The minimum atomic E-state index is -1.50. The van der Waals surface area contributed by atoms with Crippen molar-refractivity contribution < 1.29 is 72.3 Å². The summed E-state index contributed by atoms with van der Waals surface area (Å²) < 4.78 is 22.1. The maximum atomic E-state index is 13.7. The second-order valence-electron chi connectivity index (χ2n) is 17.2. The van der Waals surface area contributed by atoms with E-state index in [4.69, 9.17) is 41.9 Å². The van der Waals surface area contributed by atoms with Gasteiger partial charge in [0.2, 0.25) is 17.5 Å². The van der Waals surface area contributed by atoms with Crippen LogP contribution in [0.25, 0.3) is 0 Å². The average molecular weight is 1090 g/mol. The zero-order valence-electron chi connectivity index (χ0n) is 41.1. The van der Waals surface area contributed by atoms with Crippen LogP contribution in [0.15, 0.2) is 118 Å². The van der Waals surface area contributed by atoms with Crippen LogP contribution in [0.5, 0.6) is 0 Å². The molecule has 26 nitrogen and oxygen atoms in total. The molecule has 3 aliphatic heterocycles. The van der Waals surface area contributed by atoms with Crippen LogP contribution in [-0.4, -0.2) is 149 Å². The third kappa shape index (κ3) is 12.4. The lowest BCUT2D eigenvalue weighted by Gasteiger charge is -2.40. The fourth-order valence-electron chi connectivity index (χ4n) is 8.86. The number of fused-ring (bicyclic) bond motifs is 4. The molecule has 2 aromatic carbocycles. The van der Waals surface area contributed by atoms with E-state index in [1.54, 1.807) is 29.2 Å². The molecule has 4 unspecified atom stereocenters. The van der Waals surface area contributed by atoms with Crippen LogP contribution in [0, 0.1) is 5.92 Å². The molecule has 0 aromatic heterocycles. The summed E-state index contributed by atoms with van der Waals surface area (Å²) in [6, 6.07) is 8.71. The van der Waals surface area contributed by atoms with Crippen LogP contribution in [0.1, 0.15) is 35.7 Å². The summed E-state index contributed by atoms with van der Waals surface area (Å²) in [7, 11) is 4.98. The Hall–Kier alpha value is -8.50. The Morgan fingerprint density at radius 2 is 1.61 bits per heavy atom. The van der Waals surface area contributed by atoms with E-state index in [2.05, 4.69) is 39.4 Å². The molecule has 0 radical (unpaired) electrons. The Kier molecular flexibility index (Phi) is 18.1. The minimum absolute atomic E-state index is 0.0375. The van der Waals surface area contributed by atoms with E-state index in [0.29, 0.717) is 16.1 Å². The monoisotopic (exact) mass is 1090 g/mol. The number of piperazine rings is 1. The number of aliphatic imine (C=N–C) groups is 1. The van der Waals surface area contributed by atoms with Gasteiger partial charge in [0.1, 0.15) is 37.2 Å². The first kappa shape index (κ1) is 56.8. The molecule has 0 bridgehead atoms. The Morgan fingerprint density at radius 3 is 2.18 bits per heavy atom. The number of nitrogens with one attached hydrogen (secondary N) is 4. The van der Waals surface area contributed by atoms with Crippen molar-refractivity contribution in [1.82, 2.24) is 25.8 Å². The topological polar surface area (TPSA) is 402 Å². The second-order valence-corrected chi connectivity index (χ2v) is 19.6. The third-order valence-corrected chi connectivity index (χ3v) is 14.8. The number of benzene rings is 2. The molecule has 76 heavy (non-hydrogen) atoms. The molecule has 1 aliphatic carbocycles. The molecule has 2 saturated heterocycles. The van der Waals surface area contributed by atoms with Gasteiger partial charge >= 0.3 is 24.1 Å². The first-order valence-electron chi connectivity index (χ1n) is 22.9. The Balaban J connectivity index is 0.943. The highest BCUT2D eigenvalue weighted by Gasteiger charge is 2.78. The van der Waals surface area contributed by atoms with Crippen LogP contribution in [0.3, 0.4) is 0 Å². The maximum Gasteiger partial charge on any atom is 0.410 e. The Morgan fingerprint density at radius 1 is 0.934 bits per heavy atom. The van der Waals surface area contributed by atoms with Crippen LogP contribution in [0.4, 0.5) is 15.3 Å². The lowest BCUT2D eigenvalue weighted by Crippen LogP contribution is -2.56. The van der Waals surface area contributed by atoms with Gasteiger partial charge < -0.3 is 78.3 Å². The van der Waals surface area contributed by atoms with Crippen molar-refractivity contribution in [1.29, 1.82) is 0 Å². The smallest absolute Gasteiger partial charge is 0.410 e. The van der Waals surface area contributed by atoms with Crippen molar-refractivity contribution in [2.45, 2.75) is 61.2 Å². The third-order valence-electron chi connectivity index (χ3n) is 12.4. The van der Waals surface area contributed by atoms with E-state index in [-0.39, 0.29) is 83.1 Å². The van der Waals surface area contributed by atoms with E-state index in [9.17, 15) is 53.4 Å². The molecule has 4 aliphatic rings. The highest BCUT2D eigenvalue weighted by molar-refractivity contribution is 8.76. The number of carboxylic acids is 2. The summed E-state index contributed by atoms with van der Waals surface area (Å²) in [5.74, 6) is -7.85. The number of carboxylic acid groups (broad SMARTS) is 2. The number of hydrogen-bond donors (Lipinski definition) is 10. The number of rotatable bonds is 25. The molecule has 5 amide bonds. The predicted octanol–water partition coefficient (Wildman–Crippen LogP) is 0.730. The van der Waals surface area contributed by atoms with Crippen LogP contribution in [-0.2, 0) is 54.3 Å². The molecule has 0 spiro atoms. The minimum Gasteiger partial charge on any atom is -0.492 e. The highest BCUT2D eigenvalue weighted by atomic mass is 33.1. The van der Waals surface area contributed by atoms with Gasteiger partial charge in [0.15, 0.2) is 17.2 Å². The maximum absolute atomic E-state index is 13.7. The van der Waals surface area contributed by atoms with Crippen LogP contribution in [0.2, 0.25) is 0 Å². The quantitative estimate of drug-likeness (QED) is 0.0215. The van der Waals surface area contributed by atoms with E-state index < -0.39 is 102 Å². The summed E-state index contributed by atoms with van der Waals surface area (Å²) in [4.78, 5) is 123. The van der Waals surface area contributed by atoms with E-state index in [0.717, 1.165) is 10.8 Å². The summed E-state index contributed by atoms with van der Waals surface area (Å²) in [6.45, 7) is 8.12. The number of anilines is 1. The number of ketones is 2. The number of nitrogens with zero attached hydrogens (tertiary/aromatic N) is 3. The summed E-state index contributed by atoms with van der Waals surface area (Å²) >= 11 is 0. The molecule has 2 aromatic rings. The van der Waals surface area contributed by atoms with Crippen molar-refractivity contribution in [3.8, 4) is 0 Å². The molecule has 6 atom stereocenters. The van der Waals surface area contributed by atoms with Crippen LogP contribution < -0.4 is 44.2 Å². The lowest BCUT2D eigenvalue weighted by molar-refractivity contribution is -0.144. The zero-order valence-corrected chi connectivity index (χ0v) is 42.7. The largest absolute Gasteiger partial charge is 0.492 e. The number of amides is 5. The lowest BCUT2D eigenvalue weighted by atomic mass is 9.83. The van der Waals surface area contributed by atoms with Gasteiger partial charge in [-0.15, -0.1) is 0 Å². The van der Waals surface area contributed by atoms with Crippen molar-refractivity contribution in [2.75, 3.05) is 45.0 Å². The number of carbonyl (C=O) groups is 9. The number of primary amides is 1. The highest BCUT2D eigenvalue weighted by Crippen LogP contribution is 2.60. The molecule has 6 rings (SSSR count). The normalized spacial score (nSPS) is 20.0. The summed E-state index contributed by atoms with van der Waals surface area (Å²) in [5.41, 5.74) is 21.8. The number of Topliss-reactive ketones (excluding diaryl/α,β-unsaturated/α-hetero) is 2. The molecule has 2 fully saturated rings. The van der Waals surface area contributed by atoms with Crippen LogP contribution >= 0.6 is 21.6 Å². The van der Waals surface area contributed by atoms with Crippen molar-refractivity contribution in [2.24, 2.45) is 33.8 Å². The van der Waals surface area contributed by atoms with Gasteiger partial charge in [-0.25, -0.2) is 24.2 Å². The number of aliphatic carboxylic acids is 2. The fraction of sp³-hybridized carbons (Fsp3) is 0.333. The number of carbonyl (C=O) groups excluding carboxylic acids is 7. The number of nitrogens with two attached hydrogens (primary N) is 4. The zero-order chi connectivity index (χ0) is 55.8. The standard InChI is InChI=1S/C48H55N11O15S2/c1-6-26(55-35(41(50)51)43(64)54-23(3)49)17-53-27-11-9-25(10-12-27)42(63)57-30(44(65)66)15-16-33(60)56-31(45(67)68)21-75-76-28-13-7-24(8-14-28)19-74-47(70)59-32-18-58-36-34(38(62)39(71-4)22(2)37(36)61)29(20-73-46(52)69)48(58,72-5)40(32)59/h6-14,29-32,40,53H,1,3,15-21,49-51H2,2,4-5H3,(H2,52,69)(H,54,64)(H,56,60)(H,57,63)(H,65,66)(H,67,68)/t29?,30?,31?,32?,40-,48+,59?/m0/s1. The van der Waals surface area contributed by atoms with Gasteiger partial charge in [-0.05, 0) is 61.4 Å². The molecular weight excluding hydrogens is 1030 g/mol. The molecular formula is C48H55N11O15S2. The summed E-state index contributed by atoms with van der Waals surface area (Å²) in [6.07, 6.45) is -1.23. The predicted molar refractivity (Wildman–Crippen MR) is 274 cm³/mol. The van der Waals surface area contributed by atoms with E-state index >= 15 is 0 Å². The van der Waals surface area contributed by atoms with Gasteiger partial charge in [-0.2, -0.15) is 0 Å². The molecule has 0 saturated carbocycles. The van der Waals surface area contributed by atoms with Gasteiger partial charge in [-0.1, -0.05) is 46.9 Å². The average Bonchev–Trinajstić information content (AvgIpc) is 4.13. The molecule has 404 valence electrons. The first-order chi connectivity index (χ1) is 36.1. The van der Waals surface area contributed by atoms with E-state index in [1.807, 2.05) is 0 Å². The van der Waals surface area contributed by atoms with E-state index in [1.165, 1.54) is 67.2 Å². The van der Waals surface area contributed by atoms with Crippen molar-refractivity contribution >= 4 is 86.4 Å². The number of allylic oxidation sites excluding steroid dienone is 2. The number of hydrogen-bond acceptors (Lipinski definition) is 21. The Bertz CT molecular complexity index is 2870. The molecule has 28 heteroatoms.